The summed E-state index contributed by atoms with van der Waals surface area (Å²) < 4.78 is 0. The summed E-state index contributed by atoms with van der Waals surface area (Å²) in [6, 6.07) is -0.425. The van der Waals surface area contributed by atoms with Gasteiger partial charge in [0.15, 0.2) is 0 Å². The van der Waals surface area contributed by atoms with Crippen LogP contribution in [-0.2, 0) is 4.79 Å². The Morgan fingerprint density at radius 3 is 2.44 bits per heavy atom. The molecule has 3 N–H and O–H groups in total. The molecule has 0 aromatic rings. The third-order valence-electron chi connectivity index (χ3n) is 3.14. The predicted octanol–water partition coefficient (Wildman–Crippen LogP) is 0.572. The lowest BCUT2D eigenvalue weighted by molar-refractivity contribution is -0.124. The maximum absolute atomic E-state index is 11.7. The summed E-state index contributed by atoms with van der Waals surface area (Å²) in [4.78, 5) is 14.1. The molecule has 0 aliphatic carbocycles. The maximum atomic E-state index is 11.7. The van der Waals surface area contributed by atoms with Crippen LogP contribution in [0.3, 0.4) is 0 Å². The quantitative estimate of drug-likeness (QED) is 0.738. The second-order valence-corrected chi connectivity index (χ2v) is 5.68. The van der Waals surface area contributed by atoms with Crippen LogP contribution in [0.15, 0.2) is 0 Å². The number of nitrogens with zero attached hydrogens (tertiary/aromatic N) is 1. The minimum absolute atomic E-state index is 0.0355. The van der Waals surface area contributed by atoms with E-state index in [2.05, 4.69) is 10.2 Å². The largest absolute Gasteiger partial charge is 0.353 e. The molecule has 0 bridgehead atoms. The zero-order valence-corrected chi connectivity index (χ0v) is 10.8. The molecule has 4 heteroatoms. The number of nitrogens with two attached hydrogens (primary N) is 1. The van der Waals surface area contributed by atoms with Crippen LogP contribution in [0.1, 0.15) is 33.6 Å². The van der Waals surface area contributed by atoms with Gasteiger partial charge in [-0.15, -0.1) is 0 Å². The summed E-state index contributed by atoms with van der Waals surface area (Å²) in [5.74, 6) is -0.0355. The molecule has 1 amide bonds. The van der Waals surface area contributed by atoms with Crippen LogP contribution in [0.4, 0.5) is 0 Å². The van der Waals surface area contributed by atoms with Crippen LogP contribution >= 0.6 is 0 Å². The van der Waals surface area contributed by atoms with E-state index >= 15 is 0 Å². The summed E-state index contributed by atoms with van der Waals surface area (Å²) >= 11 is 0. The number of rotatable bonds is 4. The summed E-state index contributed by atoms with van der Waals surface area (Å²) in [7, 11) is 0. The fourth-order valence-electron chi connectivity index (χ4n) is 1.85. The van der Waals surface area contributed by atoms with Crippen LogP contribution < -0.4 is 11.1 Å². The molecule has 16 heavy (non-hydrogen) atoms. The van der Waals surface area contributed by atoms with Crippen LogP contribution in [-0.4, -0.2) is 43.0 Å². The molecule has 1 heterocycles. The highest BCUT2D eigenvalue weighted by molar-refractivity contribution is 5.82. The number of carbonyl (C=O) groups excluding carboxylic acids is 1. The molecule has 0 radical (unpaired) electrons. The van der Waals surface area contributed by atoms with Gasteiger partial charge in [-0.2, -0.15) is 0 Å². The van der Waals surface area contributed by atoms with Crippen molar-refractivity contribution in [2.45, 2.75) is 39.7 Å². The molecule has 1 fully saturated rings. The van der Waals surface area contributed by atoms with E-state index in [4.69, 9.17) is 5.73 Å². The van der Waals surface area contributed by atoms with E-state index in [9.17, 15) is 4.79 Å². The van der Waals surface area contributed by atoms with E-state index < -0.39 is 6.04 Å². The lowest BCUT2D eigenvalue weighted by Crippen LogP contribution is -2.49. The highest BCUT2D eigenvalue weighted by Gasteiger charge is 2.27. The second kappa shape index (κ2) is 5.64. The van der Waals surface area contributed by atoms with Gasteiger partial charge in [0.1, 0.15) is 0 Å². The van der Waals surface area contributed by atoms with E-state index in [1.54, 1.807) is 0 Å². The molecule has 1 rings (SSSR count). The topological polar surface area (TPSA) is 58.4 Å². The molecule has 1 aliphatic rings. The molecule has 0 unspecified atom stereocenters. The first-order valence-corrected chi connectivity index (χ1v) is 6.17. The zero-order chi connectivity index (χ0) is 12.2. The number of nitrogens with one attached hydrogen (secondary N) is 1. The number of amides is 1. The summed E-state index contributed by atoms with van der Waals surface area (Å²) in [6.45, 7) is 9.95. The predicted molar refractivity (Wildman–Crippen MR) is 66.1 cm³/mol. The molecule has 1 atom stereocenters. The third-order valence-corrected chi connectivity index (χ3v) is 3.14. The van der Waals surface area contributed by atoms with Crippen LogP contribution in [0, 0.1) is 5.41 Å². The van der Waals surface area contributed by atoms with Crippen molar-refractivity contribution < 1.29 is 4.79 Å². The van der Waals surface area contributed by atoms with E-state index in [1.165, 1.54) is 25.9 Å². The van der Waals surface area contributed by atoms with Gasteiger partial charge >= 0.3 is 0 Å². The molecule has 1 saturated heterocycles. The van der Waals surface area contributed by atoms with Gasteiger partial charge in [-0.25, -0.2) is 0 Å². The van der Waals surface area contributed by atoms with Gasteiger partial charge in [0, 0.05) is 13.1 Å². The molecule has 1 aliphatic heterocycles. The fraction of sp³-hybridized carbons (Fsp3) is 0.917. The Balaban J connectivity index is 2.19. The summed E-state index contributed by atoms with van der Waals surface area (Å²) in [6.07, 6.45) is 2.57. The average molecular weight is 227 g/mol. The smallest absolute Gasteiger partial charge is 0.237 e. The van der Waals surface area contributed by atoms with Gasteiger partial charge in [0.05, 0.1) is 6.04 Å². The van der Waals surface area contributed by atoms with E-state index in [0.717, 1.165) is 6.54 Å². The SMILES string of the molecule is CC(C)(C)[C@H](N)C(=O)NCCN1CCCC1. The van der Waals surface area contributed by atoms with Crippen molar-refractivity contribution in [1.29, 1.82) is 0 Å². The first kappa shape index (κ1) is 13.5. The zero-order valence-electron chi connectivity index (χ0n) is 10.8. The van der Waals surface area contributed by atoms with Crippen molar-refractivity contribution in [3.63, 3.8) is 0 Å². The van der Waals surface area contributed by atoms with E-state index in [1.807, 2.05) is 20.8 Å². The molecular weight excluding hydrogens is 202 g/mol. The molecule has 0 spiro atoms. The maximum Gasteiger partial charge on any atom is 0.237 e. The molecule has 94 valence electrons. The van der Waals surface area contributed by atoms with Crippen molar-refractivity contribution >= 4 is 5.91 Å². The first-order valence-electron chi connectivity index (χ1n) is 6.17. The van der Waals surface area contributed by atoms with E-state index in [-0.39, 0.29) is 11.3 Å². The highest BCUT2D eigenvalue weighted by Crippen LogP contribution is 2.17. The standard InChI is InChI=1S/C12H25N3O/c1-12(2,3)10(13)11(16)14-6-9-15-7-4-5-8-15/h10H,4-9,13H2,1-3H3,(H,14,16)/t10-/m1/s1. The van der Waals surface area contributed by atoms with Gasteiger partial charge in [-0.1, -0.05) is 20.8 Å². The van der Waals surface area contributed by atoms with E-state index in [0.29, 0.717) is 6.54 Å². The van der Waals surface area contributed by atoms with Gasteiger partial charge in [0.2, 0.25) is 5.91 Å². The number of hydrogen-bond acceptors (Lipinski definition) is 3. The number of carbonyl (C=O) groups is 1. The number of likely N-dealkylation sites (tertiary alicyclic amines) is 1. The minimum Gasteiger partial charge on any atom is -0.353 e. The monoisotopic (exact) mass is 227 g/mol. The fourth-order valence-corrected chi connectivity index (χ4v) is 1.85. The Morgan fingerprint density at radius 2 is 1.94 bits per heavy atom. The van der Waals surface area contributed by atoms with Gasteiger partial charge < -0.3 is 16.0 Å². The van der Waals surface area contributed by atoms with Gasteiger partial charge in [-0.3, -0.25) is 4.79 Å². The van der Waals surface area contributed by atoms with Crippen molar-refractivity contribution in [1.82, 2.24) is 10.2 Å². The Bertz CT molecular complexity index is 229. The van der Waals surface area contributed by atoms with Crippen molar-refractivity contribution in [3.05, 3.63) is 0 Å². The molecule has 0 aromatic heterocycles. The normalized spacial score (nSPS) is 19.8. The Kier molecular flexibility index (Phi) is 4.74. The number of hydrogen-bond donors (Lipinski definition) is 2. The van der Waals surface area contributed by atoms with Crippen LogP contribution in [0.5, 0.6) is 0 Å². The molecular formula is C12H25N3O. The van der Waals surface area contributed by atoms with Crippen molar-refractivity contribution in [3.8, 4) is 0 Å². The van der Waals surface area contributed by atoms with Crippen LogP contribution in [0.25, 0.3) is 0 Å². The van der Waals surface area contributed by atoms with Gasteiger partial charge in [-0.05, 0) is 31.3 Å². The van der Waals surface area contributed by atoms with Crippen LogP contribution in [0.2, 0.25) is 0 Å². The molecule has 0 saturated carbocycles. The Labute approximate surface area is 98.6 Å². The second-order valence-electron chi connectivity index (χ2n) is 5.68. The lowest BCUT2D eigenvalue weighted by Gasteiger charge is -2.26. The lowest BCUT2D eigenvalue weighted by atomic mass is 9.87. The average Bonchev–Trinajstić information content (AvgIpc) is 2.67. The minimum atomic E-state index is -0.425. The van der Waals surface area contributed by atoms with Gasteiger partial charge in [0.25, 0.3) is 0 Å². The molecule has 4 nitrogen and oxygen atoms in total. The summed E-state index contributed by atoms with van der Waals surface area (Å²) in [5.41, 5.74) is 5.69. The van der Waals surface area contributed by atoms with Crippen molar-refractivity contribution in [2.75, 3.05) is 26.2 Å². The highest BCUT2D eigenvalue weighted by atomic mass is 16.2. The van der Waals surface area contributed by atoms with Crippen molar-refractivity contribution in [2.24, 2.45) is 11.1 Å². The Hall–Kier alpha value is -0.610. The summed E-state index contributed by atoms with van der Waals surface area (Å²) in [5, 5.41) is 2.91. The first-order chi connectivity index (χ1) is 7.41. The molecule has 0 aromatic carbocycles. The Morgan fingerprint density at radius 1 is 1.38 bits per heavy atom. The third kappa shape index (κ3) is 4.10.